The Morgan fingerprint density at radius 2 is 1.82 bits per heavy atom. The molecule has 114 valence electrons. The van der Waals surface area contributed by atoms with Crippen LogP contribution in [0.4, 0.5) is 11.4 Å². The zero-order valence-electron chi connectivity index (χ0n) is 12.6. The van der Waals surface area contributed by atoms with Crippen LogP contribution >= 0.6 is 15.9 Å². The monoisotopic (exact) mass is 358 g/mol. The van der Waals surface area contributed by atoms with E-state index >= 15 is 0 Å². The topological polar surface area (TPSA) is 24.8 Å². The molecule has 2 aromatic rings. The smallest absolute Gasteiger partial charge is 0.0642 e. The van der Waals surface area contributed by atoms with Crippen LogP contribution in [0.25, 0.3) is 0 Å². The van der Waals surface area contributed by atoms with Gasteiger partial charge in [-0.3, -0.25) is 4.99 Å². The summed E-state index contributed by atoms with van der Waals surface area (Å²) in [5.74, 6) is 0. The molecule has 0 saturated carbocycles. The van der Waals surface area contributed by atoms with E-state index in [1.165, 1.54) is 11.3 Å². The molecule has 4 heteroatoms. The Morgan fingerprint density at radius 1 is 1.09 bits per heavy atom. The number of aryl methyl sites for hydroxylation is 1. The second kappa shape index (κ2) is 7.07. The van der Waals surface area contributed by atoms with E-state index in [2.05, 4.69) is 50.9 Å². The summed E-state index contributed by atoms with van der Waals surface area (Å²) in [5.41, 5.74) is 4.62. The van der Waals surface area contributed by atoms with Gasteiger partial charge in [-0.2, -0.15) is 0 Å². The van der Waals surface area contributed by atoms with Gasteiger partial charge in [0.25, 0.3) is 0 Å². The van der Waals surface area contributed by atoms with Crippen molar-refractivity contribution in [2.24, 2.45) is 4.99 Å². The Morgan fingerprint density at radius 3 is 2.50 bits per heavy atom. The van der Waals surface area contributed by atoms with E-state index in [1.54, 1.807) is 0 Å². The minimum absolute atomic E-state index is 0.811. The lowest BCUT2D eigenvalue weighted by atomic mass is 10.1. The maximum Gasteiger partial charge on any atom is 0.0642 e. The van der Waals surface area contributed by atoms with Gasteiger partial charge in [-0.05, 0) is 54.4 Å². The van der Waals surface area contributed by atoms with Gasteiger partial charge in [-0.1, -0.05) is 22.0 Å². The van der Waals surface area contributed by atoms with E-state index in [9.17, 15) is 0 Å². The van der Waals surface area contributed by atoms with Crippen LogP contribution in [0.15, 0.2) is 51.9 Å². The molecule has 1 fully saturated rings. The van der Waals surface area contributed by atoms with Gasteiger partial charge < -0.3 is 9.64 Å². The molecule has 0 N–H and O–H groups in total. The number of rotatable bonds is 3. The first-order chi connectivity index (χ1) is 10.7. The molecule has 0 spiro atoms. The van der Waals surface area contributed by atoms with Gasteiger partial charge >= 0.3 is 0 Å². The third kappa shape index (κ3) is 3.76. The van der Waals surface area contributed by atoms with Gasteiger partial charge in [0.15, 0.2) is 0 Å². The molecule has 0 amide bonds. The third-order valence-electron chi connectivity index (χ3n) is 3.81. The summed E-state index contributed by atoms with van der Waals surface area (Å²) >= 11 is 3.43. The summed E-state index contributed by atoms with van der Waals surface area (Å²) < 4.78 is 6.47. The summed E-state index contributed by atoms with van der Waals surface area (Å²) in [6, 6.07) is 14.5. The molecular weight excluding hydrogens is 340 g/mol. The summed E-state index contributed by atoms with van der Waals surface area (Å²) in [4.78, 5) is 6.91. The Balaban J connectivity index is 1.75. The Labute approximate surface area is 139 Å². The highest BCUT2D eigenvalue weighted by atomic mass is 79.9. The number of morpholine rings is 1. The Bertz CT molecular complexity index is 661. The quantitative estimate of drug-likeness (QED) is 0.762. The number of hydrogen-bond acceptors (Lipinski definition) is 3. The largest absolute Gasteiger partial charge is 0.378 e. The van der Waals surface area contributed by atoms with E-state index in [1.807, 2.05) is 30.5 Å². The first-order valence-electron chi connectivity index (χ1n) is 7.45. The second-order valence-electron chi connectivity index (χ2n) is 5.37. The fourth-order valence-electron chi connectivity index (χ4n) is 2.49. The molecule has 0 atom stereocenters. The Hall–Kier alpha value is -1.65. The first-order valence-corrected chi connectivity index (χ1v) is 8.25. The molecule has 3 rings (SSSR count). The molecule has 0 aliphatic carbocycles. The highest BCUT2D eigenvalue weighted by molar-refractivity contribution is 9.10. The summed E-state index contributed by atoms with van der Waals surface area (Å²) in [6.07, 6.45) is 1.93. The van der Waals surface area contributed by atoms with Crippen molar-refractivity contribution in [3.05, 3.63) is 58.1 Å². The molecule has 3 nitrogen and oxygen atoms in total. The van der Waals surface area contributed by atoms with Gasteiger partial charge in [0, 0.05) is 29.5 Å². The van der Waals surface area contributed by atoms with E-state index in [0.29, 0.717) is 0 Å². The molecular formula is C18H19BrN2O. The molecule has 22 heavy (non-hydrogen) atoms. The lowest BCUT2D eigenvalue weighted by Crippen LogP contribution is -2.36. The van der Waals surface area contributed by atoms with Crippen molar-refractivity contribution in [1.29, 1.82) is 0 Å². The van der Waals surface area contributed by atoms with Gasteiger partial charge in [0.1, 0.15) is 0 Å². The standard InChI is InChI=1S/C18H19BrN2O/c1-14-12-18(21-8-10-22-11-9-21)7-2-15(14)13-20-17-5-3-16(19)4-6-17/h2-7,12-13H,8-11H2,1H3. The van der Waals surface area contributed by atoms with Crippen molar-refractivity contribution < 1.29 is 4.74 Å². The first kappa shape index (κ1) is 15.3. The predicted molar refractivity (Wildman–Crippen MR) is 95.6 cm³/mol. The third-order valence-corrected chi connectivity index (χ3v) is 4.34. The highest BCUT2D eigenvalue weighted by Crippen LogP contribution is 2.21. The second-order valence-corrected chi connectivity index (χ2v) is 6.29. The maximum atomic E-state index is 5.40. The van der Waals surface area contributed by atoms with Crippen LogP contribution in [-0.2, 0) is 4.74 Å². The number of nitrogens with zero attached hydrogens (tertiary/aromatic N) is 2. The fourth-order valence-corrected chi connectivity index (χ4v) is 2.76. The van der Waals surface area contributed by atoms with Crippen molar-refractivity contribution in [2.45, 2.75) is 6.92 Å². The van der Waals surface area contributed by atoms with E-state index in [-0.39, 0.29) is 0 Å². The van der Waals surface area contributed by atoms with Crippen LogP contribution in [-0.4, -0.2) is 32.5 Å². The maximum absolute atomic E-state index is 5.40. The van der Waals surface area contributed by atoms with Crippen molar-refractivity contribution >= 4 is 33.5 Å². The molecule has 1 heterocycles. The minimum Gasteiger partial charge on any atom is -0.378 e. The zero-order valence-corrected chi connectivity index (χ0v) is 14.2. The number of hydrogen-bond donors (Lipinski definition) is 0. The van der Waals surface area contributed by atoms with Crippen molar-refractivity contribution in [3.8, 4) is 0 Å². The van der Waals surface area contributed by atoms with Crippen LogP contribution in [0.5, 0.6) is 0 Å². The molecule has 0 aromatic heterocycles. The van der Waals surface area contributed by atoms with Crippen LogP contribution in [0, 0.1) is 6.92 Å². The molecule has 1 aliphatic rings. The van der Waals surface area contributed by atoms with Crippen LogP contribution in [0.1, 0.15) is 11.1 Å². The van der Waals surface area contributed by atoms with E-state index in [0.717, 1.165) is 42.0 Å². The summed E-state index contributed by atoms with van der Waals surface area (Å²) in [7, 11) is 0. The minimum atomic E-state index is 0.811. The number of ether oxygens (including phenoxy) is 1. The molecule has 0 radical (unpaired) electrons. The molecule has 0 unspecified atom stereocenters. The van der Waals surface area contributed by atoms with Gasteiger partial charge in [0.2, 0.25) is 0 Å². The van der Waals surface area contributed by atoms with E-state index in [4.69, 9.17) is 4.74 Å². The number of halogens is 1. The number of benzene rings is 2. The van der Waals surface area contributed by atoms with Gasteiger partial charge in [0.05, 0.1) is 18.9 Å². The van der Waals surface area contributed by atoms with E-state index < -0.39 is 0 Å². The number of anilines is 1. The summed E-state index contributed by atoms with van der Waals surface area (Å²) in [6.45, 7) is 5.68. The lowest BCUT2D eigenvalue weighted by Gasteiger charge is -2.29. The molecule has 1 saturated heterocycles. The van der Waals surface area contributed by atoms with Crippen molar-refractivity contribution in [2.75, 3.05) is 31.2 Å². The average Bonchev–Trinajstić information content (AvgIpc) is 2.56. The van der Waals surface area contributed by atoms with Crippen molar-refractivity contribution in [1.82, 2.24) is 0 Å². The average molecular weight is 359 g/mol. The van der Waals surface area contributed by atoms with Crippen LogP contribution in [0.2, 0.25) is 0 Å². The Kier molecular flexibility index (Phi) is 4.90. The van der Waals surface area contributed by atoms with Crippen LogP contribution < -0.4 is 4.90 Å². The van der Waals surface area contributed by atoms with Gasteiger partial charge in [-0.25, -0.2) is 0 Å². The highest BCUT2D eigenvalue weighted by Gasteiger charge is 2.11. The summed E-state index contributed by atoms with van der Waals surface area (Å²) in [5, 5.41) is 0. The molecule has 1 aliphatic heterocycles. The number of aliphatic imine (C=N–C) groups is 1. The predicted octanol–water partition coefficient (Wildman–Crippen LogP) is 4.34. The van der Waals surface area contributed by atoms with Crippen LogP contribution in [0.3, 0.4) is 0 Å². The lowest BCUT2D eigenvalue weighted by molar-refractivity contribution is 0.122. The molecule has 2 aromatic carbocycles. The normalized spacial score (nSPS) is 15.5. The SMILES string of the molecule is Cc1cc(N2CCOCC2)ccc1C=Nc1ccc(Br)cc1. The fraction of sp³-hybridized carbons (Fsp3) is 0.278. The molecule has 0 bridgehead atoms. The zero-order chi connectivity index (χ0) is 15.4. The van der Waals surface area contributed by atoms with Gasteiger partial charge in [-0.15, -0.1) is 0 Å². The van der Waals surface area contributed by atoms with Crippen molar-refractivity contribution in [3.63, 3.8) is 0 Å².